The molecule has 1 aliphatic rings. The van der Waals surface area contributed by atoms with Crippen LogP contribution in [0, 0.1) is 0 Å². The zero-order valence-electron chi connectivity index (χ0n) is 10.5. The Hall–Kier alpha value is -2.57. The summed E-state index contributed by atoms with van der Waals surface area (Å²) >= 11 is 0. The van der Waals surface area contributed by atoms with Crippen LogP contribution in [0.2, 0.25) is 0 Å². The Labute approximate surface area is 113 Å². The number of para-hydroxylation sites is 2. The highest BCUT2D eigenvalue weighted by Crippen LogP contribution is 2.35. The van der Waals surface area contributed by atoms with Crippen LogP contribution in [-0.2, 0) is 16.1 Å². The molecule has 0 radical (unpaired) electrons. The number of H-pyrrole nitrogens is 1. The molecule has 1 aromatic heterocycles. The second-order valence-electron chi connectivity index (χ2n) is 4.97. The van der Waals surface area contributed by atoms with Crippen molar-refractivity contribution < 1.29 is 14.7 Å². The van der Waals surface area contributed by atoms with Gasteiger partial charge in [0.1, 0.15) is 12.1 Å². The molecule has 0 spiro atoms. The van der Waals surface area contributed by atoms with E-state index < -0.39 is 17.4 Å². The van der Waals surface area contributed by atoms with Crippen LogP contribution in [0.1, 0.15) is 12.8 Å². The number of aliphatic carboxylic acids is 1. The van der Waals surface area contributed by atoms with Gasteiger partial charge < -0.3 is 15.4 Å². The lowest BCUT2D eigenvalue weighted by Gasteiger charge is -2.12. The second kappa shape index (κ2) is 4.22. The van der Waals surface area contributed by atoms with E-state index in [1.807, 2.05) is 0 Å². The van der Waals surface area contributed by atoms with E-state index in [1.165, 1.54) is 4.57 Å². The summed E-state index contributed by atoms with van der Waals surface area (Å²) in [6.45, 7) is -0.197. The summed E-state index contributed by atoms with van der Waals surface area (Å²) in [5, 5.41) is 11.5. The first-order valence-corrected chi connectivity index (χ1v) is 6.24. The van der Waals surface area contributed by atoms with Gasteiger partial charge in [-0.3, -0.25) is 9.36 Å². The van der Waals surface area contributed by atoms with Gasteiger partial charge in [-0.15, -0.1) is 0 Å². The van der Waals surface area contributed by atoms with E-state index >= 15 is 0 Å². The molecule has 7 heteroatoms. The van der Waals surface area contributed by atoms with Crippen molar-refractivity contribution in [2.24, 2.45) is 0 Å². The number of rotatable bonds is 4. The first-order chi connectivity index (χ1) is 9.52. The number of nitrogens with zero attached hydrogens (tertiary/aromatic N) is 1. The molecule has 7 nitrogen and oxygen atoms in total. The Morgan fingerprint density at radius 1 is 1.35 bits per heavy atom. The highest BCUT2D eigenvalue weighted by molar-refractivity contribution is 5.90. The normalized spacial score (nSPS) is 16.0. The van der Waals surface area contributed by atoms with Gasteiger partial charge in [0.2, 0.25) is 5.91 Å². The Morgan fingerprint density at radius 3 is 2.70 bits per heavy atom. The lowest BCUT2D eigenvalue weighted by atomic mass is 10.2. The maximum atomic E-state index is 11.9. The predicted octanol–water partition coefficient (Wildman–Crippen LogP) is 0.0630. The molecule has 1 aliphatic carbocycles. The number of carboxylic acid groups (broad SMARTS) is 1. The number of nitrogens with one attached hydrogen (secondary N) is 2. The van der Waals surface area contributed by atoms with Gasteiger partial charge in [0, 0.05) is 0 Å². The van der Waals surface area contributed by atoms with Crippen LogP contribution in [-0.4, -0.2) is 32.1 Å². The fourth-order valence-electron chi connectivity index (χ4n) is 2.23. The van der Waals surface area contributed by atoms with E-state index in [9.17, 15) is 14.4 Å². The number of hydrogen-bond donors (Lipinski definition) is 3. The highest BCUT2D eigenvalue weighted by Gasteiger charge is 2.51. The predicted molar refractivity (Wildman–Crippen MR) is 70.3 cm³/mol. The van der Waals surface area contributed by atoms with Gasteiger partial charge in [-0.25, -0.2) is 9.59 Å². The molecule has 0 atom stereocenters. The van der Waals surface area contributed by atoms with Gasteiger partial charge in [0.15, 0.2) is 0 Å². The number of carbonyl (C=O) groups is 2. The maximum absolute atomic E-state index is 11.9. The second-order valence-corrected chi connectivity index (χ2v) is 4.97. The molecule has 0 aliphatic heterocycles. The zero-order chi connectivity index (χ0) is 14.3. The van der Waals surface area contributed by atoms with Gasteiger partial charge in [0.25, 0.3) is 0 Å². The topological polar surface area (TPSA) is 104 Å². The largest absolute Gasteiger partial charge is 0.480 e. The number of carboxylic acids is 1. The number of amides is 1. The maximum Gasteiger partial charge on any atom is 0.329 e. The SMILES string of the molecule is O=C(Cn1c(=O)[nH]c2ccccc21)NC1(C(=O)O)CC1. The third kappa shape index (κ3) is 1.97. The summed E-state index contributed by atoms with van der Waals surface area (Å²) in [5.41, 5.74) is -0.258. The van der Waals surface area contributed by atoms with E-state index in [0.717, 1.165) is 0 Å². The first-order valence-electron chi connectivity index (χ1n) is 6.24. The molecule has 1 fully saturated rings. The molecule has 3 N–H and O–H groups in total. The van der Waals surface area contributed by atoms with E-state index in [2.05, 4.69) is 10.3 Å². The van der Waals surface area contributed by atoms with Gasteiger partial charge >= 0.3 is 11.7 Å². The molecule has 0 unspecified atom stereocenters. The molecule has 1 heterocycles. The van der Waals surface area contributed by atoms with Crippen molar-refractivity contribution in [3.63, 3.8) is 0 Å². The molecule has 20 heavy (non-hydrogen) atoms. The third-order valence-electron chi connectivity index (χ3n) is 3.52. The van der Waals surface area contributed by atoms with Crippen molar-refractivity contribution in [1.82, 2.24) is 14.9 Å². The first kappa shape index (κ1) is 12.5. The van der Waals surface area contributed by atoms with Gasteiger partial charge in [-0.2, -0.15) is 0 Å². The molecule has 2 aromatic rings. The quantitative estimate of drug-likeness (QED) is 0.734. The van der Waals surface area contributed by atoms with Crippen LogP contribution in [0.5, 0.6) is 0 Å². The minimum absolute atomic E-state index is 0.197. The van der Waals surface area contributed by atoms with Crippen molar-refractivity contribution in [3.05, 3.63) is 34.7 Å². The smallest absolute Gasteiger partial charge is 0.329 e. The molecule has 0 bridgehead atoms. The minimum atomic E-state index is -1.13. The van der Waals surface area contributed by atoms with Crippen LogP contribution in [0.25, 0.3) is 11.0 Å². The fraction of sp³-hybridized carbons (Fsp3) is 0.308. The van der Waals surface area contributed by atoms with Gasteiger partial charge in [-0.1, -0.05) is 12.1 Å². The Balaban J connectivity index is 1.83. The standard InChI is InChI=1S/C13H13N3O4/c17-10(15-13(5-6-13)11(18)19)7-16-9-4-2-1-3-8(9)14-12(16)20/h1-4H,5-7H2,(H,14,20)(H,15,17)(H,18,19). The number of benzene rings is 1. The van der Waals surface area contributed by atoms with E-state index in [-0.39, 0.29) is 12.2 Å². The number of aromatic nitrogens is 2. The number of carbonyl (C=O) groups excluding carboxylic acids is 1. The Kier molecular flexibility index (Phi) is 2.63. The summed E-state index contributed by atoms with van der Waals surface area (Å²) in [6.07, 6.45) is 0.855. The molecular weight excluding hydrogens is 262 g/mol. The lowest BCUT2D eigenvalue weighted by Crippen LogP contribution is -2.45. The summed E-state index contributed by atoms with van der Waals surface area (Å²) in [5.74, 6) is -1.51. The molecule has 104 valence electrons. The van der Waals surface area contributed by atoms with Crippen LogP contribution in [0.4, 0.5) is 0 Å². The van der Waals surface area contributed by atoms with Crippen LogP contribution in [0.15, 0.2) is 29.1 Å². The Bertz CT molecular complexity index is 754. The zero-order valence-corrected chi connectivity index (χ0v) is 10.5. The summed E-state index contributed by atoms with van der Waals surface area (Å²) in [4.78, 5) is 37.4. The van der Waals surface area contributed by atoms with Crippen LogP contribution < -0.4 is 11.0 Å². The number of hydrogen-bond acceptors (Lipinski definition) is 3. The van der Waals surface area contributed by atoms with Gasteiger partial charge in [-0.05, 0) is 25.0 Å². The molecule has 1 aromatic carbocycles. The molecule has 1 saturated carbocycles. The van der Waals surface area contributed by atoms with Gasteiger partial charge in [0.05, 0.1) is 11.0 Å². The van der Waals surface area contributed by atoms with E-state index in [0.29, 0.717) is 23.9 Å². The summed E-state index contributed by atoms with van der Waals surface area (Å²) in [7, 11) is 0. The molecule has 0 saturated heterocycles. The fourth-order valence-corrected chi connectivity index (χ4v) is 2.23. The molecular formula is C13H13N3O4. The number of imidazole rings is 1. The van der Waals surface area contributed by atoms with Crippen LogP contribution in [0.3, 0.4) is 0 Å². The monoisotopic (exact) mass is 275 g/mol. The Morgan fingerprint density at radius 2 is 2.05 bits per heavy atom. The minimum Gasteiger partial charge on any atom is -0.480 e. The average molecular weight is 275 g/mol. The summed E-state index contributed by atoms with van der Waals surface area (Å²) in [6, 6.07) is 7.02. The van der Waals surface area contributed by atoms with Crippen molar-refractivity contribution >= 4 is 22.9 Å². The van der Waals surface area contributed by atoms with E-state index in [1.54, 1.807) is 24.3 Å². The average Bonchev–Trinajstić information content (AvgIpc) is 3.11. The lowest BCUT2D eigenvalue weighted by molar-refractivity contribution is -0.143. The van der Waals surface area contributed by atoms with Crippen molar-refractivity contribution in [1.29, 1.82) is 0 Å². The van der Waals surface area contributed by atoms with Crippen molar-refractivity contribution in [2.75, 3.05) is 0 Å². The number of fused-ring (bicyclic) bond motifs is 1. The molecule has 3 rings (SSSR count). The highest BCUT2D eigenvalue weighted by atomic mass is 16.4. The molecule has 1 amide bonds. The van der Waals surface area contributed by atoms with Crippen LogP contribution >= 0.6 is 0 Å². The number of aromatic amines is 1. The van der Waals surface area contributed by atoms with E-state index in [4.69, 9.17) is 5.11 Å². The van der Waals surface area contributed by atoms with Crippen molar-refractivity contribution in [3.8, 4) is 0 Å². The summed E-state index contributed by atoms with van der Waals surface area (Å²) < 4.78 is 1.29. The third-order valence-corrected chi connectivity index (χ3v) is 3.52. The van der Waals surface area contributed by atoms with Crippen molar-refractivity contribution in [2.45, 2.75) is 24.9 Å².